The van der Waals surface area contributed by atoms with Gasteiger partial charge < -0.3 is 4.90 Å². The molecule has 1 aromatic rings. The number of rotatable bonds is 5. The van der Waals surface area contributed by atoms with Crippen LogP contribution < -0.4 is 0 Å². The van der Waals surface area contributed by atoms with Gasteiger partial charge in [-0.3, -0.25) is 9.59 Å². The van der Waals surface area contributed by atoms with E-state index in [2.05, 4.69) is 0 Å². The van der Waals surface area contributed by atoms with Crippen LogP contribution >= 0.6 is 11.8 Å². The molecule has 1 aliphatic rings. The summed E-state index contributed by atoms with van der Waals surface area (Å²) in [4.78, 5) is 24.6. The summed E-state index contributed by atoms with van der Waals surface area (Å²) >= 11 is 1.21. The van der Waals surface area contributed by atoms with E-state index in [0.717, 1.165) is 12.1 Å². The molecule has 1 saturated heterocycles. The van der Waals surface area contributed by atoms with E-state index < -0.39 is 11.7 Å². The molecular formula is C16H18F3NO2S. The third kappa shape index (κ3) is 5.27. The van der Waals surface area contributed by atoms with E-state index in [-0.39, 0.29) is 16.9 Å². The van der Waals surface area contributed by atoms with Crippen LogP contribution in [0.2, 0.25) is 0 Å². The second-order valence-corrected chi connectivity index (χ2v) is 6.86. The Morgan fingerprint density at radius 2 is 2.13 bits per heavy atom. The number of hydrogen-bond acceptors (Lipinski definition) is 3. The predicted molar refractivity (Wildman–Crippen MR) is 83.0 cm³/mol. The molecule has 23 heavy (non-hydrogen) atoms. The van der Waals surface area contributed by atoms with Crippen molar-refractivity contribution in [3.05, 3.63) is 35.4 Å². The molecule has 0 spiro atoms. The topological polar surface area (TPSA) is 37.4 Å². The molecule has 3 nitrogen and oxygen atoms in total. The highest BCUT2D eigenvalue weighted by molar-refractivity contribution is 8.13. The number of amides is 1. The Kier molecular flexibility index (Phi) is 5.73. The van der Waals surface area contributed by atoms with Gasteiger partial charge in [0.1, 0.15) is 0 Å². The number of carbonyl (C=O) groups excluding carboxylic acids is 2. The van der Waals surface area contributed by atoms with Gasteiger partial charge >= 0.3 is 6.18 Å². The molecule has 0 radical (unpaired) electrons. The molecule has 1 atom stereocenters. The van der Waals surface area contributed by atoms with Gasteiger partial charge in [0.25, 0.3) is 0 Å². The quantitative estimate of drug-likeness (QED) is 0.821. The highest BCUT2D eigenvalue weighted by Crippen LogP contribution is 2.30. The van der Waals surface area contributed by atoms with Gasteiger partial charge in [-0.05, 0) is 24.0 Å². The third-order valence-corrected chi connectivity index (χ3v) is 4.79. The lowest BCUT2D eigenvalue weighted by Crippen LogP contribution is -2.27. The third-order valence-electron chi connectivity index (χ3n) is 3.74. The Labute approximate surface area is 137 Å². The van der Waals surface area contributed by atoms with Crippen LogP contribution in [0.5, 0.6) is 0 Å². The molecule has 2 rings (SSSR count). The van der Waals surface area contributed by atoms with E-state index >= 15 is 0 Å². The first-order chi connectivity index (χ1) is 10.8. The maximum atomic E-state index is 12.7. The first-order valence-electron chi connectivity index (χ1n) is 7.33. The molecule has 0 N–H and O–H groups in total. The fourth-order valence-corrected chi connectivity index (χ4v) is 3.28. The lowest BCUT2D eigenvalue weighted by molar-refractivity contribution is -0.137. The van der Waals surface area contributed by atoms with E-state index in [9.17, 15) is 22.8 Å². The number of hydrogen-bond donors (Lipinski definition) is 0. The van der Waals surface area contributed by atoms with Gasteiger partial charge in [-0.15, -0.1) is 0 Å². The minimum atomic E-state index is -4.35. The second kappa shape index (κ2) is 7.38. The Balaban J connectivity index is 1.89. The fraction of sp³-hybridized carbons (Fsp3) is 0.500. The molecule has 0 bridgehead atoms. The zero-order valence-electron chi connectivity index (χ0n) is 12.7. The predicted octanol–water partition coefficient (Wildman–Crippen LogP) is 3.38. The maximum absolute atomic E-state index is 12.7. The Morgan fingerprint density at radius 1 is 1.39 bits per heavy atom. The van der Waals surface area contributed by atoms with Gasteiger partial charge in [0.2, 0.25) is 5.91 Å². The lowest BCUT2D eigenvalue weighted by Gasteiger charge is -2.17. The van der Waals surface area contributed by atoms with Gasteiger partial charge in [0.15, 0.2) is 5.12 Å². The average Bonchev–Trinajstić information content (AvgIpc) is 2.83. The zero-order valence-corrected chi connectivity index (χ0v) is 13.5. The summed E-state index contributed by atoms with van der Waals surface area (Å²) in [7, 11) is 0. The van der Waals surface area contributed by atoms with Crippen LogP contribution in [-0.4, -0.2) is 34.8 Å². The minimum Gasteiger partial charge on any atom is -0.342 e. The standard InChI is InChI=1S/C16H18F3NO2S/c1-11(21)23-10-13-8-15(22)20(9-13)6-5-12-3-2-4-14(7-12)16(17,18)19/h2-4,7,13H,5-6,8-10H2,1H3. The number of carbonyl (C=O) groups is 2. The number of thioether (sulfide) groups is 1. The molecule has 0 saturated carbocycles. The van der Waals surface area contributed by atoms with Crippen molar-refractivity contribution in [3.8, 4) is 0 Å². The molecular weight excluding hydrogens is 327 g/mol. The van der Waals surface area contributed by atoms with E-state index in [4.69, 9.17) is 0 Å². The van der Waals surface area contributed by atoms with Crippen LogP contribution in [0.3, 0.4) is 0 Å². The average molecular weight is 345 g/mol. The van der Waals surface area contributed by atoms with Crippen molar-refractivity contribution in [2.45, 2.75) is 25.9 Å². The van der Waals surface area contributed by atoms with Crippen LogP contribution in [0.4, 0.5) is 13.2 Å². The molecule has 7 heteroatoms. The molecule has 1 heterocycles. The minimum absolute atomic E-state index is 0.00567. The number of likely N-dealkylation sites (tertiary alicyclic amines) is 1. The Morgan fingerprint density at radius 3 is 2.78 bits per heavy atom. The van der Waals surface area contributed by atoms with Crippen molar-refractivity contribution >= 4 is 22.8 Å². The molecule has 1 unspecified atom stereocenters. The summed E-state index contributed by atoms with van der Waals surface area (Å²) in [5.41, 5.74) is -0.104. The summed E-state index contributed by atoms with van der Waals surface area (Å²) < 4.78 is 38.0. The summed E-state index contributed by atoms with van der Waals surface area (Å²) in [6.45, 7) is 2.46. The fourth-order valence-electron chi connectivity index (χ4n) is 2.58. The van der Waals surface area contributed by atoms with Crippen molar-refractivity contribution in [1.29, 1.82) is 0 Å². The molecule has 126 valence electrons. The summed E-state index contributed by atoms with van der Waals surface area (Å²) in [6.07, 6.45) is -3.56. The summed E-state index contributed by atoms with van der Waals surface area (Å²) in [5, 5.41) is 0.0277. The highest BCUT2D eigenvalue weighted by atomic mass is 32.2. The lowest BCUT2D eigenvalue weighted by atomic mass is 10.1. The SMILES string of the molecule is CC(=O)SCC1CC(=O)N(CCc2cccc(C(F)(F)F)c2)C1. The molecule has 0 aliphatic carbocycles. The van der Waals surface area contributed by atoms with Crippen LogP contribution in [0.15, 0.2) is 24.3 Å². The van der Waals surface area contributed by atoms with E-state index in [0.29, 0.717) is 37.2 Å². The Bertz CT molecular complexity index is 589. The van der Waals surface area contributed by atoms with Crippen molar-refractivity contribution in [2.24, 2.45) is 5.92 Å². The number of alkyl halides is 3. The number of halogens is 3. The van der Waals surface area contributed by atoms with Gasteiger partial charge in [-0.1, -0.05) is 30.0 Å². The van der Waals surface area contributed by atoms with E-state index in [1.165, 1.54) is 24.8 Å². The zero-order chi connectivity index (χ0) is 17.0. The number of benzene rings is 1. The van der Waals surface area contributed by atoms with Gasteiger partial charge in [-0.25, -0.2) is 0 Å². The van der Waals surface area contributed by atoms with Crippen LogP contribution in [0.25, 0.3) is 0 Å². The van der Waals surface area contributed by atoms with Crippen molar-refractivity contribution < 1.29 is 22.8 Å². The molecule has 0 aromatic heterocycles. The van der Waals surface area contributed by atoms with Gasteiger partial charge in [0.05, 0.1) is 5.56 Å². The van der Waals surface area contributed by atoms with Crippen molar-refractivity contribution in [3.63, 3.8) is 0 Å². The summed E-state index contributed by atoms with van der Waals surface area (Å²) in [6, 6.07) is 5.19. The van der Waals surface area contributed by atoms with Crippen LogP contribution in [-0.2, 0) is 22.2 Å². The largest absolute Gasteiger partial charge is 0.416 e. The van der Waals surface area contributed by atoms with Crippen molar-refractivity contribution in [2.75, 3.05) is 18.8 Å². The molecule has 1 fully saturated rings. The molecule has 1 aliphatic heterocycles. The van der Waals surface area contributed by atoms with Crippen LogP contribution in [0.1, 0.15) is 24.5 Å². The van der Waals surface area contributed by atoms with Gasteiger partial charge in [-0.2, -0.15) is 13.2 Å². The van der Waals surface area contributed by atoms with Gasteiger partial charge in [0, 0.05) is 32.2 Å². The number of nitrogens with zero attached hydrogens (tertiary/aromatic N) is 1. The Hall–Kier alpha value is -1.50. The monoisotopic (exact) mass is 345 g/mol. The van der Waals surface area contributed by atoms with E-state index in [1.54, 1.807) is 11.0 Å². The maximum Gasteiger partial charge on any atom is 0.416 e. The normalized spacial score (nSPS) is 18.5. The molecule has 1 amide bonds. The smallest absolute Gasteiger partial charge is 0.342 e. The first kappa shape index (κ1) is 17.8. The molecule has 1 aromatic carbocycles. The van der Waals surface area contributed by atoms with Crippen LogP contribution in [0, 0.1) is 5.92 Å². The first-order valence-corrected chi connectivity index (χ1v) is 8.31. The highest BCUT2D eigenvalue weighted by Gasteiger charge is 2.31. The van der Waals surface area contributed by atoms with Crippen molar-refractivity contribution in [1.82, 2.24) is 4.90 Å². The second-order valence-electron chi connectivity index (χ2n) is 5.66. The summed E-state index contributed by atoms with van der Waals surface area (Å²) in [5.74, 6) is 0.755. The van der Waals surface area contributed by atoms with E-state index in [1.807, 2.05) is 0 Å².